The van der Waals surface area contributed by atoms with Crippen LogP contribution in [0, 0.1) is 5.92 Å². The van der Waals surface area contributed by atoms with E-state index in [4.69, 9.17) is 4.43 Å². The first kappa shape index (κ1) is 20.8. The average Bonchev–Trinajstić information content (AvgIpc) is 2.39. The van der Waals surface area contributed by atoms with Gasteiger partial charge in [0.2, 0.25) is 0 Å². The summed E-state index contributed by atoms with van der Waals surface area (Å²) in [5, 5.41) is 0. The van der Waals surface area contributed by atoms with E-state index in [2.05, 4.69) is 53.1 Å². The fraction of sp³-hybridized carbons (Fsp3) is 0.526. The summed E-state index contributed by atoms with van der Waals surface area (Å²) in [5.41, 5.74) is 2.65. The lowest BCUT2D eigenvalue weighted by molar-refractivity contribution is -0.104. The molecule has 0 fully saturated rings. The van der Waals surface area contributed by atoms with Gasteiger partial charge in [-0.3, -0.25) is 4.79 Å². The van der Waals surface area contributed by atoms with Crippen molar-refractivity contribution in [3.63, 3.8) is 0 Å². The minimum atomic E-state index is -1.62. The van der Waals surface area contributed by atoms with E-state index >= 15 is 0 Å². The Balaban J connectivity index is 4.89. The van der Waals surface area contributed by atoms with Crippen molar-refractivity contribution in [2.45, 2.75) is 59.4 Å². The molecule has 0 aromatic heterocycles. The Morgan fingerprint density at radius 3 is 2.36 bits per heavy atom. The highest BCUT2D eigenvalue weighted by Crippen LogP contribution is 2.21. The standard InChI is InChI=1S/C19H32O2Si/c1-8-10-16(2)15-17(3)12-13-19(21-22(5,6)7)18(4)11-9-14-20/h8-12,14,18-19H,1,13,15H2,2-7H3/b11-9+,16-10+,17-12+/t18-,19-/m0/s1. The molecule has 0 bridgehead atoms. The lowest BCUT2D eigenvalue weighted by Gasteiger charge is -2.29. The Bertz CT molecular complexity index is 439. The van der Waals surface area contributed by atoms with Gasteiger partial charge in [0, 0.05) is 0 Å². The second kappa shape index (κ2) is 10.5. The van der Waals surface area contributed by atoms with Gasteiger partial charge in [-0.1, -0.05) is 49.0 Å². The van der Waals surface area contributed by atoms with Gasteiger partial charge >= 0.3 is 0 Å². The van der Waals surface area contributed by atoms with Crippen LogP contribution in [0.25, 0.3) is 0 Å². The van der Waals surface area contributed by atoms with Crippen molar-refractivity contribution < 1.29 is 9.22 Å². The lowest BCUT2D eigenvalue weighted by Crippen LogP contribution is -2.34. The van der Waals surface area contributed by atoms with Crippen LogP contribution in [0.4, 0.5) is 0 Å². The molecule has 0 spiro atoms. The largest absolute Gasteiger partial charge is 0.414 e. The first-order valence-corrected chi connectivity index (χ1v) is 11.3. The molecule has 0 aliphatic carbocycles. The van der Waals surface area contributed by atoms with Crippen LogP contribution in [0.2, 0.25) is 19.6 Å². The van der Waals surface area contributed by atoms with Gasteiger partial charge in [-0.25, -0.2) is 0 Å². The molecule has 0 N–H and O–H groups in total. The smallest absolute Gasteiger partial charge is 0.184 e. The van der Waals surface area contributed by atoms with E-state index in [1.165, 1.54) is 11.1 Å². The molecule has 2 atom stereocenters. The maximum absolute atomic E-state index is 10.5. The zero-order valence-corrected chi connectivity index (χ0v) is 16.1. The SMILES string of the molecule is C=C/C=C(\C)C/C(C)=C/C[C@H](O[Si](C)(C)C)[C@@H](C)/C=C/C=O. The highest BCUT2D eigenvalue weighted by atomic mass is 28.4. The Morgan fingerprint density at radius 1 is 1.23 bits per heavy atom. The van der Waals surface area contributed by atoms with Crippen LogP contribution in [-0.4, -0.2) is 20.7 Å². The highest BCUT2D eigenvalue weighted by Gasteiger charge is 2.23. The molecule has 0 aromatic carbocycles. The number of allylic oxidation sites excluding steroid dienone is 5. The summed E-state index contributed by atoms with van der Waals surface area (Å²) in [5.74, 6) is 0.228. The number of rotatable bonds is 10. The van der Waals surface area contributed by atoms with Crippen LogP contribution in [0.15, 0.2) is 48.1 Å². The molecule has 0 aliphatic rings. The van der Waals surface area contributed by atoms with Gasteiger partial charge in [-0.2, -0.15) is 0 Å². The quantitative estimate of drug-likeness (QED) is 0.176. The summed E-state index contributed by atoms with van der Waals surface area (Å²) in [6.45, 7) is 16.7. The molecule has 0 radical (unpaired) electrons. The van der Waals surface area contributed by atoms with Crippen molar-refractivity contribution in [2.24, 2.45) is 5.92 Å². The van der Waals surface area contributed by atoms with Crippen LogP contribution in [0.1, 0.15) is 33.6 Å². The second-order valence-corrected chi connectivity index (χ2v) is 11.3. The number of hydrogen-bond donors (Lipinski definition) is 0. The second-order valence-electron chi connectivity index (χ2n) is 6.86. The lowest BCUT2D eigenvalue weighted by atomic mass is 9.99. The fourth-order valence-electron chi connectivity index (χ4n) is 2.26. The number of carbonyl (C=O) groups excluding carboxylic acids is 1. The van der Waals surface area contributed by atoms with E-state index < -0.39 is 8.32 Å². The maximum atomic E-state index is 10.5. The normalized spacial score (nSPS) is 16.6. The van der Waals surface area contributed by atoms with Gasteiger partial charge in [0.1, 0.15) is 6.29 Å². The third-order valence-electron chi connectivity index (χ3n) is 3.24. The molecular weight excluding hydrogens is 288 g/mol. The molecule has 0 saturated carbocycles. The predicted molar refractivity (Wildman–Crippen MR) is 99.5 cm³/mol. The third kappa shape index (κ3) is 10.5. The third-order valence-corrected chi connectivity index (χ3v) is 4.25. The van der Waals surface area contributed by atoms with Crippen LogP contribution >= 0.6 is 0 Å². The molecule has 0 rings (SSSR count). The summed E-state index contributed by atoms with van der Waals surface area (Å²) >= 11 is 0. The van der Waals surface area contributed by atoms with Crippen molar-refractivity contribution >= 4 is 14.6 Å². The first-order valence-electron chi connectivity index (χ1n) is 7.93. The van der Waals surface area contributed by atoms with Crippen molar-refractivity contribution in [1.29, 1.82) is 0 Å². The van der Waals surface area contributed by atoms with Gasteiger partial charge in [0.25, 0.3) is 0 Å². The van der Waals surface area contributed by atoms with Gasteiger partial charge in [0.15, 0.2) is 8.32 Å². The maximum Gasteiger partial charge on any atom is 0.184 e. The minimum Gasteiger partial charge on any atom is -0.414 e. The van der Waals surface area contributed by atoms with Crippen molar-refractivity contribution in [1.82, 2.24) is 0 Å². The highest BCUT2D eigenvalue weighted by molar-refractivity contribution is 6.69. The van der Waals surface area contributed by atoms with E-state index in [0.717, 1.165) is 19.1 Å². The van der Waals surface area contributed by atoms with Crippen molar-refractivity contribution in [2.75, 3.05) is 0 Å². The molecule has 22 heavy (non-hydrogen) atoms. The number of carbonyl (C=O) groups is 1. The van der Waals surface area contributed by atoms with Gasteiger partial charge in [0.05, 0.1) is 6.10 Å². The Hall–Kier alpha value is -1.19. The van der Waals surface area contributed by atoms with Crippen LogP contribution in [0.3, 0.4) is 0 Å². The number of aldehydes is 1. The monoisotopic (exact) mass is 320 g/mol. The van der Waals surface area contributed by atoms with Crippen molar-refractivity contribution in [3.8, 4) is 0 Å². The fourth-order valence-corrected chi connectivity index (χ4v) is 3.48. The number of hydrogen-bond acceptors (Lipinski definition) is 2. The summed E-state index contributed by atoms with van der Waals surface area (Å²) < 4.78 is 6.30. The molecule has 0 amide bonds. The molecule has 3 heteroatoms. The van der Waals surface area contributed by atoms with E-state index in [1.807, 2.05) is 18.2 Å². The topological polar surface area (TPSA) is 26.3 Å². The van der Waals surface area contributed by atoms with Gasteiger partial charge < -0.3 is 4.43 Å². The summed E-state index contributed by atoms with van der Waals surface area (Å²) in [6, 6.07) is 0. The summed E-state index contributed by atoms with van der Waals surface area (Å²) in [7, 11) is -1.62. The van der Waals surface area contributed by atoms with Crippen LogP contribution in [-0.2, 0) is 9.22 Å². The zero-order valence-electron chi connectivity index (χ0n) is 15.1. The molecule has 0 saturated heterocycles. The van der Waals surface area contributed by atoms with E-state index in [-0.39, 0.29) is 12.0 Å². The molecule has 124 valence electrons. The Kier molecular flexibility index (Phi) is 9.95. The summed E-state index contributed by atoms with van der Waals surface area (Å²) in [6.07, 6.45) is 12.4. The van der Waals surface area contributed by atoms with Crippen LogP contribution in [0.5, 0.6) is 0 Å². The Morgan fingerprint density at radius 2 is 1.86 bits per heavy atom. The predicted octanol–water partition coefficient (Wildman–Crippen LogP) is 5.46. The molecule has 0 heterocycles. The van der Waals surface area contributed by atoms with E-state index in [9.17, 15) is 4.79 Å². The van der Waals surface area contributed by atoms with E-state index in [0.29, 0.717) is 0 Å². The zero-order chi connectivity index (χ0) is 17.2. The molecule has 0 aromatic rings. The molecule has 0 aliphatic heterocycles. The van der Waals surface area contributed by atoms with Gasteiger partial charge in [-0.15, -0.1) is 0 Å². The van der Waals surface area contributed by atoms with Gasteiger partial charge in [-0.05, 0) is 58.3 Å². The molecule has 0 unspecified atom stereocenters. The first-order chi connectivity index (χ1) is 10.2. The van der Waals surface area contributed by atoms with E-state index in [1.54, 1.807) is 6.08 Å². The molecule has 2 nitrogen and oxygen atoms in total. The van der Waals surface area contributed by atoms with Crippen molar-refractivity contribution in [3.05, 3.63) is 48.1 Å². The minimum absolute atomic E-state index is 0.126. The molecular formula is C19H32O2Si. The Labute approximate surface area is 137 Å². The summed E-state index contributed by atoms with van der Waals surface area (Å²) in [4.78, 5) is 10.5. The van der Waals surface area contributed by atoms with Crippen LogP contribution < -0.4 is 0 Å². The average molecular weight is 321 g/mol.